The Bertz CT molecular complexity index is 1090. The second-order valence-corrected chi connectivity index (χ2v) is 8.73. The second kappa shape index (κ2) is 10.7. The third-order valence-corrected chi connectivity index (χ3v) is 6.08. The Kier molecular flexibility index (Phi) is 7.97. The van der Waals surface area contributed by atoms with E-state index in [4.69, 9.17) is 17.6 Å². The van der Waals surface area contributed by atoms with Crippen molar-refractivity contribution in [2.75, 3.05) is 11.9 Å². The summed E-state index contributed by atoms with van der Waals surface area (Å²) in [5.74, 6) is 0.878. The van der Waals surface area contributed by atoms with E-state index in [0.29, 0.717) is 5.03 Å². The zero-order chi connectivity index (χ0) is 22.4. The molecule has 0 amide bonds. The van der Waals surface area contributed by atoms with E-state index in [0.717, 1.165) is 23.5 Å². The lowest BCUT2D eigenvalue weighted by Crippen LogP contribution is -2.30. The molecule has 0 aliphatic heterocycles. The van der Waals surface area contributed by atoms with E-state index >= 15 is 0 Å². The largest absolute Gasteiger partial charge is 0.289 e. The summed E-state index contributed by atoms with van der Waals surface area (Å²) in [7, 11) is 1.85. The summed E-state index contributed by atoms with van der Waals surface area (Å²) < 4.78 is 0. The van der Waals surface area contributed by atoms with Gasteiger partial charge in [0.2, 0.25) is 0 Å². The van der Waals surface area contributed by atoms with Gasteiger partial charge in [0.1, 0.15) is 5.84 Å². The number of unbranched alkanes of at least 4 members (excludes halogenated alkanes) is 3. The monoisotopic (exact) mass is 430 g/mol. The summed E-state index contributed by atoms with van der Waals surface area (Å²) in [6.07, 6.45) is 6.16. The first kappa shape index (κ1) is 23.1. The Balaban J connectivity index is 2.07. The molecule has 0 fully saturated rings. The predicted octanol–water partition coefficient (Wildman–Crippen LogP) is 7.86. The molecule has 3 rings (SSSR count). The van der Waals surface area contributed by atoms with E-state index in [9.17, 15) is 0 Å². The maximum Gasteiger partial charge on any atom is 0.140 e. The fourth-order valence-corrected chi connectivity index (χ4v) is 4.43. The fourth-order valence-electron chi connectivity index (χ4n) is 4.23. The number of rotatable bonds is 8. The van der Waals surface area contributed by atoms with E-state index in [2.05, 4.69) is 86.8 Å². The van der Waals surface area contributed by atoms with Crippen LogP contribution in [0.1, 0.15) is 54.9 Å². The Morgan fingerprint density at radius 3 is 2.39 bits per heavy atom. The zero-order valence-corrected chi connectivity index (χ0v) is 20.2. The molecule has 0 bridgehead atoms. The third kappa shape index (κ3) is 5.22. The number of anilines is 1. The Hall–Kier alpha value is -2.52. The minimum Gasteiger partial charge on any atom is -0.289 e. The smallest absolute Gasteiger partial charge is 0.140 e. The Morgan fingerprint density at radius 1 is 0.968 bits per heavy atom. The number of nitrogens with zero attached hydrogens (tertiary/aromatic N) is 2. The van der Waals surface area contributed by atoms with Gasteiger partial charge in [-0.3, -0.25) is 9.89 Å². The number of fused-ring (bicyclic) bond motifs is 1. The standard InChI is InChI=1S/C28H34N2S/c1-6-7-8-9-13-23-18-17-20(2)25(19-23)28(29-5)30(22(4)31)26-16-11-15-24-14-10-12-21(3)27(24)26/h10-12,14-19,31H,4,6-9,13H2,1-3,5H3. The van der Waals surface area contributed by atoms with Crippen LogP contribution in [0.25, 0.3) is 10.8 Å². The predicted molar refractivity (Wildman–Crippen MR) is 141 cm³/mol. The molecule has 0 aromatic heterocycles. The van der Waals surface area contributed by atoms with E-state index in [1.165, 1.54) is 53.1 Å². The van der Waals surface area contributed by atoms with Gasteiger partial charge in [0.05, 0.1) is 10.7 Å². The van der Waals surface area contributed by atoms with Crippen molar-refractivity contribution < 1.29 is 0 Å². The average Bonchev–Trinajstić information content (AvgIpc) is 2.76. The summed E-state index contributed by atoms with van der Waals surface area (Å²) in [4.78, 5) is 6.82. The quantitative estimate of drug-likeness (QED) is 0.166. The van der Waals surface area contributed by atoms with Crippen molar-refractivity contribution in [2.24, 2.45) is 4.99 Å². The van der Waals surface area contributed by atoms with Crippen LogP contribution in [0.15, 0.2) is 71.2 Å². The molecule has 162 valence electrons. The summed E-state index contributed by atoms with van der Waals surface area (Å²) in [6.45, 7) is 10.7. The van der Waals surface area contributed by atoms with Crippen molar-refractivity contribution in [1.82, 2.24) is 0 Å². The molecule has 0 unspecified atom stereocenters. The molecule has 0 saturated carbocycles. The average molecular weight is 431 g/mol. The van der Waals surface area contributed by atoms with Crippen LogP contribution in [0.5, 0.6) is 0 Å². The maximum atomic E-state index is 4.74. The number of hydrogen-bond acceptors (Lipinski definition) is 2. The van der Waals surface area contributed by atoms with Crippen molar-refractivity contribution in [3.8, 4) is 0 Å². The highest BCUT2D eigenvalue weighted by molar-refractivity contribution is 7.84. The van der Waals surface area contributed by atoms with Crippen molar-refractivity contribution in [1.29, 1.82) is 0 Å². The molecule has 0 N–H and O–H groups in total. The molecular formula is C28H34N2S. The summed E-state index contributed by atoms with van der Waals surface area (Å²) >= 11 is 4.70. The van der Waals surface area contributed by atoms with Crippen molar-refractivity contribution in [2.45, 2.75) is 52.9 Å². The lowest BCUT2D eigenvalue weighted by Gasteiger charge is -2.28. The first-order valence-corrected chi connectivity index (χ1v) is 11.7. The minimum atomic E-state index is 0.657. The van der Waals surface area contributed by atoms with Gasteiger partial charge < -0.3 is 0 Å². The number of aryl methyl sites for hydroxylation is 3. The van der Waals surface area contributed by atoms with Gasteiger partial charge in [-0.05, 0) is 60.9 Å². The molecule has 3 heteroatoms. The van der Waals surface area contributed by atoms with Gasteiger partial charge in [0.15, 0.2) is 0 Å². The molecule has 0 aliphatic carbocycles. The number of thiol groups is 1. The van der Waals surface area contributed by atoms with Crippen LogP contribution in [0.4, 0.5) is 5.69 Å². The van der Waals surface area contributed by atoms with Crippen molar-refractivity contribution in [3.05, 3.63) is 88.5 Å². The van der Waals surface area contributed by atoms with Gasteiger partial charge in [-0.25, -0.2) is 0 Å². The molecule has 2 nitrogen and oxygen atoms in total. The van der Waals surface area contributed by atoms with Gasteiger partial charge in [-0.2, -0.15) is 0 Å². The van der Waals surface area contributed by atoms with Gasteiger partial charge in [-0.15, -0.1) is 12.6 Å². The highest BCUT2D eigenvalue weighted by atomic mass is 32.1. The summed E-state index contributed by atoms with van der Waals surface area (Å²) in [6, 6.07) is 19.5. The fraction of sp³-hybridized carbons (Fsp3) is 0.321. The normalized spacial score (nSPS) is 11.7. The molecule has 3 aromatic rings. The molecule has 0 spiro atoms. The van der Waals surface area contributed by atoms with Crippen LogP contribution >= 0.6 is 12.6 Å². The number of hydrogen-bond donors (Lipinski definition) is 1. The summed E-state index contributed by atoms with van der Waals surface area (Å²) in [5.41, 5.74) is 5.98. The molecule has 0 aliphatic rings. The summed E-state index contributed by atoms with van der Waals surface area (Å²) in [5, 5.41) is 3.06. The van der Waals surface area contributed by atoms with E-state index in [-0.39, 0.29) is 0 Å². The molecule has 0 heterocycles. The van der Waals surface area contributed by atoms with E-state index < -0.39 is 0 Å². The van der Waals surface area contributed by atoms with Gasteiger partial charge >= 0.3 is 0 Å². The molecule has 0 saturated heterocycles. The first-order chi connectivity index (χ1) is 15.0. The topological polar surface area (TPSA) is 15.6 Å². The lowest BCUT2D eigenvalue weighted by atomic mass is 9.98. The first-order valence-electron chi connectivity index (χ1n) is 11.2. The molecule has 0 atom stereocenters. The lowest BCUT2D eigenvalue weighted by molar-refractivity contribution is 0.667. The molecule has 0 radical (unpaired) electrons. The second-order valence-electron chi connectivity index (χ2n) is 8.21. The van der Waals surface area contributed by atoms with Gasteiger partial charge in [-0.1, -0.05) is 75.2 Å². The molecule has 31 heavy (non-hydrogen) atoms. The van der Waals surface area contributed by atoms with Crippen molar-refractivity contribution in [3.63, 3.8) is 0 Å². The number of amidine groups is 1. The highest BCUT2D eigenvalue weighted by Crippen LogP contribution is 2.34. The number of benzene rings is 3. The van der Waals surface area contributed by atoms with Crippen LogP contribution in [0.3, 0.4) is 0 Å². The van der Waals surface area contributed by atoms with Crippen LogP contribution < -0.4 is 4.90 Å². The minimum absolute atomic E-state index is 0.657. The number of aliphatic imine (C=N–C) groups is 1. The van der Waals surface area contributed by atoms with Crippen LogP contribution in [-0.4, -0.2) is 12.9 Å². The highest BCUT2D eigenvalue weighted by Gasteiger charge is 2.21. The van der Waals surface area contributed by atoms with Crippen LogP contribution in [0.2, 0.25) is 0 Å². The Morgan fingerprint density at radius 2 is 1.71 bits per heavy atom. The van der Waals surface area contributed by atoms with Crippen LogP contribution in [0, 0.1) is 13.8 Å². The maximum absolute atomic E-state index is 4.74. The molecular weight excluding hydrogens is 396 g/mol. The zero-order valence-electron chi connectivity index (χ0n) is 19.3. The third-order valence-electron chi connectivity index (χ3n) is 5.88. The van der Waals surface area contributed by atoms with Crippen molar-refractivity contribution >= 4 is 34.9 Å². The van der Waals surface area contributed by atoms with Gasteiger partial charge in [0, 0.05) is 18.0 Å². The van der Waals surface area contributed by atoms with Crippen LogP contribution in [-0.2, 0) is 6.42 Å². The molecule has 3 aromatic carbocycles. The van der Waals surface area contributed by atoms with Gasteiger partial charge in [0.25, 0.3) is 0 Å². The van der Waals surface area contributed by atoms with E-state index in [1.807, 2.05) is 7.05 Å². The SMILES string of the molecule is C=C(S)N(C(=NC)c1cc(CCCCCC)ccc1C)c1cccc2cccc(C)c12. The van der Waals surface area contributed by atoms with E-state index in [1.54, 1.807) is 0 Å². The Labute approximate surface area is 193 Å².